The quantitative estimate of drug-likeness (QED) is 0.437. The van der Waals surface area contributed by atoms with Gasteiger partial charge in [-0.15, -0.1) is 0 Å². The molecule has 1 saturated heterocycles. The van der Waals surface area contributed by atoms with Crippen molar-refractivity contribution < 1.29 is 17.9 Å². The van der Waals surface area contributed by atoms with Gasteiger partial charge in [0.25, 0.3) is 0 Å². The van der Waals surface area contributed by atoms with Crippen LogP contribution in [0.5, 0.6) is 0 Å². The monoisotopic (exact) mass is 467 g/mol. The molecular formula is C21H26BrNO4S. The topological polar surface area (TPSA) is 55.8 Å². The Hall–Kier alpha value is -1.25. The van der Waals surface area contributed by atoms with Gasteiger partial charge >= 0.3 is 0 Å². The van der Waals surface area contributed by atoms with Gasteiger partial charge in [-0.25, -0.2) is 8.42 Å². The molecular weight excluding hydrogens is 442 g/mol. The van der Waals surface area contributed by atoms with Crippen LogP contribution in [0.25, 0.3) is 0 Å². The molecule has 1 fully saturated rings. The summed E-state index contributed by atoms with van der Waals surface area (Å²) >= 11 is 3.75. The Labute approximate surface area is 175 Å². The molecule has 3 rings (SSSR count). The first-order chi connectivity index (χ1) is 13.5. The van der Waals surface area contributed by atoms with Crippen LogP contribution in [0.4, 0.5) is 0 Å². The lowest BCUT2D eigenvalue weighted by Crippen LogP contribution is -2.54. The zero-order valence-electron chi connectivity index (χ0n) is 16.0. The summed E-state index contributed by atoms with van der Waals surface area (Å²) in [6.45, 7) is 4.28. The van der Waals surface area contributed by atoms with Gasteiger partial charge in [0, 0.05) is 19.7 Å². The van der Waals surface area contributed by atoms with Crippen molar-refractivity contribution in [3.05, 3.63) is 66.2 Å². The molecule has 0 saturated carbocycles. The van der Waals surface area contributed by atoms with E-state index in [1.54, 1.807) is 24.3 Å². The summed E-state index contributed by atoms with van der Waals surface area (Å²) in [5, 5.41) is 0. The third-order valence-corrected chi connectivity index (χ3v) is 7.95. The Morgan fingerprint density at radius 3 is 2.32 bits per heavy atom. The van der Waals surface area contributed by atoms with Crippen LogP contribution in [0.3, 0.4) is 0 Å². The molecule has 2 atom stereocenters. The van der Waals surface area contributed by atoms with E-state index in [-0.39, 0.29) is 4.83 Å². The summed E-state index contributed by atoms with van der Waals surface area (Å²) in [5.41, 5.74) is 0.450. The number of alkyl halides is 1. The second kappa shape index (κ2) is 9.50. The van der Waals surface area contributed by atoms with Crippen molar-refractivity contribution in [2.45, 2.75) is 28.7 Å². The number of sulfonamides is 1. The van der Waals surface area contributed by atoms with Crippen molar-refractivity contribution in [3.63, 3.8) is 0 Å². The van der Waals surface area contributed by atoms with Crippen LogP contribution in [-0.4, -0.2) is 50.5 Å². The summed E-state index contributed by atoms with van der Waals surface area (Å²) in [6, 6.07) is 18.6. The number of rotatable bonds is 8. The van der Waals surface area contributed by atoms with Gasteiger partial charge < -0.3 is 9.47 Å². The van der Waals surface area contributed by atoms with Crippen molar-refractivity contribution >= 4 is 26.0 Å². The molecule has 7 heteroatoms. The van der Waals surface area contributed by atoms with E-state index in [0.717, 1.165) is 5.56 Å². The van der Waals surface area contributed by atoms with Crippen LogP contribution < -0.4 is 0 Å². The molecule has 28 heavy (non-hydrogen) atoms. The first kappa shape index (κ1) is 21.5. The SMILES string of the molecule is CCOCCO[C@@]1(c2ccccc2)CCN(S(=O)(=O)c2ccccc2)C[C@@H]1Br. The lowest BCUT2D eigenvalue weighted by molar-refractivity contribution is -0.0905. The molecule has 152 valence electrons. The minimum Gasteiger partial charge on any atom is -0.379 e. The van der Waals surface area contributed by atoms with Gasteiger partial charge in [-0.3, -0.25) is 0 Å². The Morgan fingerprint density at radius 1 is 1.07 bits per heavy atom. The van der Waals surface area contributed by atoms with Crippen LogP contribution in [0.2, 0.25) is 0 Å². The predicted molar refractivity (Wildman–Crippen MR) is 113 cm³/mol. The van der Waals surface area contributed by atoms with E-state index in [2.05, 4.69) is 15.9 Å². The van der Waals surface area contributed by atoms with E-state index in [9.17, 15) is 8.42 Å². The summed E-state index contributed by atoms with van der Waals surface area (Å²) in [7, 11) is -3.53. The number of hydrogen-bond donors (Lipinski definition) is 0. The van der Waals surface area contributed by atoms with E-state index in [0.29, 0.717) is 44.2 Å². The fourth-order valence-corrected chi connectivity index (χ4v) is 6.19. The van der Waals surface area contributed by atoms with E-state index in [1.807, 2.05) is 43.3 Å². The fourth-order valence-electron chi connectivity index (χ4n) is 3.54. The zero-order chi connectivity index (χ0) is 20.0. The highest BCUT2D eigenvalue weighted by molar-refractivity contribution is 9.09. The summed E-state index contributed by atoms with van der Waals surface area (Å²) in [5.74, 6) is 0. The van der Waals surface area contributed by atoms with E-state index in [1.165, 1.54) is 4.31 Å². The molecule has 2 aromatic carbocycles. The second-order valence-electron chi connectivity index (χ2n) is 6.69. The first-order valence-electron chi connectivity index (χ1n) is 9.47. The normalized spacial score (nSPS) is 23.6. The molecule has 0 amide bonds. The third kappa shape index (κ3) is 4.49. The van der Waals surface area contributed by atoms with E-state index < -0.39 is 15.6 Å². The highest BCUT2D eigenvalue weighted by atomic mass is 79.9. The molecule has 1 aliphatic rings. The number of benzene rings is 2. The van der Waals surface area contributed by atoms with Crippen molar-refractivity contribution in [2.75, 3.05) is 32.9 Å². The van der Waals surface area contributed by atoms with Crippen LogP contribution in [0, 0.1) is 0 Å². The summed E-state index contributed by atoms with van der Waals surface area (Å²) in [4.78, 5) is 0.135. The lowest BCUT2D eigenvalue weighted by atomic mass is 9.84. The number of halogens is 1. The van der Waals surface area contributed by atoms with Crippen molar-refractivity contribution in [1.29, 1.82) is 0 Å². The van der Waals surface area contributed by atoms with Crippen LogP contribution in [-0.2, 0) is 25.1 Å². The smallest absolute Gasteiger partial charge is 0.243 e. The summed E-state index contributed by atoms with van der Waals surface area (Å²) < 4.78 is 39.4. The van der Waals surface area contributed by atoms with Gasteiger partial charge in [-0.2, -0.15) is 4.31 Å². The Balaban J connectivity index is 1.83. The van der Waals surface area contributed by atoms with E-state index in [4.69, 9.17) is 9.47 Å². The molecule has 0 bridgehead atoms. The molecule has 0 aliphatic carbocycles. The average Bonchev–Trinajstić information content (AvgIpc) is 2.73. The maximum atomic E-state index is 13.0. The Kier molecular flexibility index (Phi) is 7.28. The molecule has 0 aromatic heterocycles. The van der Waals surface area contributed by atoms with E-state index >= 15 is 0 Å². The van der Waals surface area contributed by atoms with Gasteiger partial charge in [0.15, 0.2) is 0 Å². The highest BCUT2D eigenvalue weighted by Crippen LogP contribution is 2.42. The molecule has 0 unspecified atom stereocenters. The van der Waals surface area contributed by atoms with Crippen molar-refractivity contribution in [2.24, 2.45) is 0 Å². The third-order valence-electron chi connectivity index (χ3n) is 5.04. The van der Waals surface area contributed by atoms with Gasteiger partial charge in [0.05, 0.1) is 22.9 Å². The number of ether oxygens (including phenoxy) is 2. The average molecular weight is 468 g/mol. The molecule has 5 nitrogen and oxygen atoms in total. The minimum absolute atomic E-state index is 0.184. The lowest BCUT2D eigenvalue weighted by Gasteiger charge is -2.45. The number of hydrogen-bond acceptors (Lipinski definition) is 4. The van der Waals surface area contributed by atoms with Crippen molar-refractivity contribution in [1.82, 2.24) is 4.31 Å². The van der Waals surface area contributed by atoms with Gasteiger partial charge in [-0.1, -0.05) is 64.5 Å². The van der Waals surface area contributed by atoms with Crippen molar-refractivity contribution in [3.8, 4) is 0 Å². The van der Waals surface area contributed by atoms with Crippen LogP contribution in [0.1, 0.15) is 18.9 Å². The second-order valence-corrected chi connectivity index (χ2v) is 9.74. The fraction of sp³-hybridized carbons (Fsp3) is 0.429. The van der Waals surface area contributed by atoms with Gasteiger partial charge in [0.1, 0.15) is 5.60 Å². The Bertz CT molecular complexity index is 847. The molecule has 2 aromatic rings. The van der Waals surface area contributed by atoms with Crippen LogP contribution >= 0.6 is 15.9 Å². The maximum Gasteiger partial charge on any atom is 0.243 e. The molecule has 0 radical (unpaired) electrons. The maximum absolute atomic E-state index is 13.0. The number of nitrogens with zero attached hydrogens (tertiary/aromatic N) is 1. The predicted octanol–water partition coefficient (Wildman–Crippen LogP) is 3.79. The molecule has 1 aliphatic heterocycles. The number of piperidine rings is 1. The summed E-state index contributed by atoms with van der Waals surface area (Å²) in [6.07, 6.45) is 0.561. The minimum atomic E-state index is -3.53. The standard InChI is InChI=1S/C21H26BrNO4S/c1-2-26-15-16-27-21(18-9-5-3-6-10-18)13-14-23(17-20(21)22)28(24,25)19-11-7-4-8-12-19/h3-12,20H,2,13-17H2,1H3/t20-,21+/m0/s1. The van der Waals surface area contributed by atoms with Crippen LogP contribution in [0.15, 0.2) is 65.6 Å². The largest absolute Gasteiger partial charge is 0.379 e. The first-order valence-corrected chi connectivity index (χ1v) is 11.8. The molecule has 0 N–H and O–H groups in total. The van der Waals surface area contributed by atoms with Gasteiger partial charge in [0.2, 0.25) is 10.0 Å². The Morgan fingerprint density at radius 2 is 1.71 bits per heavy atom. The zero-order valence-corrected chi connectivity index (χ0v) is 18.4. The highest BCUT2D eigenvalue weighted by Gasteiger charge is 2.47. The molecule has 1 heterocycles. The molecule has 0 spiro atoms. The van der Waals surface area contributed by atoms with Gasteiger partial charge in [-0.05, 0) is 31.0 Å².